The molecule has 0 bridgehead atoms. The molecule has 0 amide bonds. The topological polar surface area (TPSA) is 73.9 Å². The molecule has 0 saturated carbocycles. The van der Waals surface area contributed by atoms with Crippen molar-refractivity contribution in [2.24, 2.45) is 0 Å². The number of nitrogens with zero attached hydrogens (tertiary/aromatic N) is 3. The maximum atomic E-state index is 11.3. The van der Waals surface area contributed by atoms with E-state index in [4.69, 9.17) is 0 Å². The Morgan fingerprint density at radius 3 is 2.82 bits per heavy atom. The van der Waals surface area contributed by atoms with Crippen LogP contribution in [0.2, 0.25) is 0 Å². The Balaban J connectivity index is 1.97. The Morgan fingerprint density at radius 1 is 1.32 bits per heavy atom. The SMILES string of the molecule is CCN(CC)CCCC(C)Nc1nccc2[nH]c(=O)cnc12. The zero-order valence-electron chi connectivity index (χ0n) is 13.6. The summed E-state index contributed by atoms with van der Waals surface area (Å²) in [6.45, 7) is 9.85. The molecule has 1 atom stereocenters. The minimum Gasteiger partial charge on any atom is -0.366 e. The van der Waals surface area contributed by atoms with Gasteiger partial charge in [0.05, 0.1) is 11.7 Å². The third kappa shape index (κ3) is 4.27. The first kappa shape index (κ1) is 16.4. The fourth-order valence-corrected chi connectivity index (χ4v) is 2.55. The van der Waals surface area contributed by atoms with Crippen LogP contribution in [0.15, 0.2) is 23.3 Å². The lowest BCUT2D eigenvalue weighted by Gasteiger charge is -2.20. The summed E-state index contributed by atoms with van der Waals surface area (Å²) in [5, 5.41) is 3.40. The van der Waals surface area contributed by atoms with E-state index in [1.54, 1.807) is 12.3 Å². The standard InChI is InChI=1S/C16H25N5O/c1-4-21(5-2)10-6-7-12(3)19-16-15-13(8-9-17-16)20-14(22)11-18-15/h8-9,11-12H,4-7,10H2,1-3H3,(H,17,19)(H,20,22). The zero-order chi connectivity index (χ0) is 15.9. The number of aromatic amines is 1. The molecule has 6 nitrogen and oxygen atoms in total. The lowest BCUT2D eigenvalue weighted by Crippen LogP contribution is -2.25. The molecule has 1 unspecified atom stereocenters. The minimum atomic E-state index is -0.197. The van der Waals surface area contributed by atoms with Gasteiger partial charge in [0.15, 0.2) is 5.82 Å². The van der Waals surface area contributed by atoms with Crippen molar-refractivity contribution in [3.8, 4) is 0 Å². The average molecular weight is 303 g/mol. The molecule has 0 aliphatic carbocycles. The van der Waals surface area contributed by atoms with E-state index in [0.717, 1.165) is 38.3 Å². The fraction of sp³-hybridized carbons (Fsp3) is 0.562. The normalized spacial score (nSPS) is 12.7. The van der Waals surface area contributed by atoms with E-state index in [-0.39, 0.29) is 5.56 Å². The van der Waals surface area contributed by atoms with E-state index in [2.05, 4.69) is 45.9 Å². The van der Waals surface area contributed by atoms with Crippen LogP contribution in [0, 0.1) is 0 Å². The molecule has 2 aromatic heterocycles. The van der Waals surface area contributed by atoms with Crippen LogP contribution >= 0.6 is 0 Å². The molecule has 2 N–H and O–H groups in total. The van der Waals surface area contributed by atoms with Gasteiger partial charge in [-0.05, 0) is 45.5 Å². The van der Waals surface area contributed by atoms with Crippen molar-refractivity contribution in [3.63, 3.8) is 0 Å². The van der Waals surface area contributed by atoms with Gasteiger partial charge in [0, 0.05) is 12.2 Å². The Labute approximate surface area is 131 Å². The van der Waals surface area contributed by atoms with Gasteiger partial charge < -0.3 is 15.2 Å². The van der Waals surface area contributed by atoms with Crippen molar-refractivity contribution in [2.75, 3.05) is 25.0 Å². The fourth-order valence-electron chi connectivity index (χ4n) is 2.55. The summed E-state index contributed by atoms with van der Waals surface area (Å²) in [5.41, 5.74) is 1.22. The van der Waals surface area contributed by atoms with Gasteiger partial charge in [0.2, 0.25) is 0 Å². The van der Waals surface area contributed by atoms with Gasteiger partial charge in [-0.2, -0.15) is 0 Å². The van der Waals surface area contributed by atoms with Crippen LogP contribution in [-0.2, 0) is 0 Å². The smallest absolute Gasteiger partial charge is 0.266 e. The van der Waals surface area contributed by atoms with Crippen molar-refractivity contribution in [2.45, 2.75) is 39.7 Å². The lowest BCUT2D eigenvalue weighted by molar-refractivity contribution is 0.295. The Morgan fingerprint density at radius 2 is 2.09 bits per heavy atom. The third-order valence-electron chi connectivity index (χ3n) is 3.88. The molecule has 0 aliphatic heterocycles. The lowest BCUT2D eigenvalue weighted by atomic mass is 10.1. The molecule has 2 heterocycles. The molecular formula is C16H25N5O. The van der Waals surface area contributed by atoms with Gasteiger partial charge in [-0.25, -0.2) is 9.97 Å². The molecule has 0 saturated heterocycles. The Kier molecular flexibility index (Phi) is 5.89. The summed E-state index contributed by atoms with van der Waals surface area (Å²) >= 11 is 0. The van der Waals surface area contributed by atoms with Gasteiger partial charge in [0.1, 0.15) is 5.52 Å². The summed E-state index contributed by atoms with van der Waals surface area (Å²) in [6, 6.07) is 2.07. The number of H-pyrrole nitrogens is 1. The molecule has 0 aromatic carbocycles. The molecule has 2 rings (SSSR count). The monoisotopic (exact) mass is 303 g/mol. The first-order valence-corrected chi connectivity index (χ1v) is 7.97. The minimum absolute atomic E-state index is 0.197. The number of rotatable bonds is 8. The van der Waals surface area contributed by atoms with Crippen LogP contribution in [0.5, 0.6) is 0 Å². The van der Waals surface area contributed by atoms with E-state index in [1.807, 2.05) is 0 Å². The molecular weight excluding hydrogens is 278 g/mol. The second-order valence-corrected chi connectivity index (χ2v) is 5.52. The highest BCUT2D eigenvalue weighted by molar-refractivity contribution is 5.84. The second-order valence-electron chi connectivity index (χ2n) is 5.52. The number of hydrogen-bond acceptors (Lipinski definition) is 5. The molecule has 6 heteroatoms. The van der Waals surface area contributed by atoms with Crippen LogP contribution in [0.25, 0.3) is 11.0 Å². The largest absolute Gasteiger partial charge is 0.366 e. The molecule has 22 heavy (non-hydrogen) atoms. The molecule has 0 aliphatic rings. The first-order valence-electron chi connectivity index (χ1n) is 7.97. The number of pyridine rings is 1. The Hall–Kier alpha value is -1.95. The molecule has 120 valence electrons. The second kappa shape index (κ2) is 7.89. The van der Waals surface area contributed by atoms with Gasteiger partial charge >= 0.3 is 0 Å². The summed E-state index contributed by atoms with van der Waals surface area (Å²) in [4.78, 5) is 25.1. The molecule has 2 aromatic rings. The number of anilines is 1. The van der Waals surface area contributed by atoms with E-state index in [1.165, 1.54) is 6.20 Å². The highest BCUT2D eigenvalue weighted by Crippen LogP contribution is 2.17. The van der Waals surface area contributed by atoms with Gasteiger partial charge in [0.25, 0.3) is 5.56 Å². The summed E-state index contributed by atoms with van der Waals surface area (Å²) in [6.07, 6.45) is 5.19. The van der Waals surface area contributed by atoms with E-state index in [9.17, 15) is 4.79 Å². The highest BCUT2D eigenvalue weighted by Gasteiger charge is 2.09. The van der Waals surface area contributed by atoms with Crippen molar-refractivity contribution in [3.05, 3.63) is 28.8 Å². The summed E-state index contributed by atoms with van der Waals surface area (Å²) in [7, 11) is 0. The molecule has 0 radical (unpaired) electrons. The van der Waals surface area contributed by atoms with Crippen LogP contribution in [0.3, 0.4) is 0 Å². The summed E-state index contributed by atoms with van der Waals surface area (Å²) < 4.78 is 0. The van der Waals surface area contributed by atoms with Crippen molar-refractivity contribution < 1.29 is 0 Å². The maximum Gasteiger partial charge on any atom is 0.266 e. The van der Waals surface area contributed by atoms with Gasteiger partial charge in [-0.1, -0.05) is 13.8 Å². The van der Waals surface area contributed by atoms with Crippen LogP contribution in [-0.4, -0.2) is 45.5 Å². The predicted octanol–water partition coefficient (Wildman–Crippen LogP) is 2.24. The molecule has 0 spiro atoms. The first-order chi connectivity index (χ1) is 10.6. The van der Waals surface area contributed by atoms with Gasteiger partial charge in [-0.15, -0.1) is 0 Å². The van der Waals surface area contributed by atoms with Crippen LogP contribution < -0.4 is 10.9 Å². The highest BCUT2D eigenvalue weighted by atomic mass is 16.1. The third-order valence-corrected chi connectivity index (χ3v) is 3.88. The van der Waals surface area contributed by atoms with E-state index >= 15 is 0 Å². The number of fused-ring (bicyclic) bond motifs is 1. The molecule has 0 fully saturated rings. The van der Waals surface area contributed by atoms with E-state index < -0.39 is 0 Å². The van der Waals surface area contributed by atoms with Crippen LogP contribution in [0.1, 0.15) is 33.6 Å². The zero-order valence-corrected chi connectivity index (χ0v) is 13.6. The van der Waals surface area contributed by atoms with E-state index in [0.29, 0.717) is 17.1 Å². The quantitative estimate of drug-likeness (QED) is 0.782. The number of hydrogen-bond donors (Lipinski definition) is 2. The number of nitrogens with one attached hydrogen (secondary N) is 2. The van der Waals surface area contributed by atoms with Crippen LogP contribution in [0.4, 0.5) is 5.82 Å². The van der Waals surface area contributed by atoms with Crippen molar-refractivity contribution >= 4 is 16.9 Å². The predicted molar refractivity (Wildman–Crippen MR) is 90.3 cm³/mol. The average Bonchev–Trinajstić information content (AvgIpc) is 2.51. The number of aromatic nitrogens is 3. The van der Waals surface area contributed by atoms with Crippen molar-refractivity contribution in [1.82, 2.24) is 19.9 Å². The maximum absolute atomic E-state index is 11.3. The Bertz CT molecular complexity index is 650. The van der Waals surface area contributed by atoms with Crippen molar-refractivity contribution in [1.29, 1.82) is 0 Å². The van der Waals surface area contributed by atoms with Gasteiger partial charge in [-0.3, -0.25) is 4.79 Å². The summed E-state index contributed by atoms with van der Waals surface area (Å²) in [5.74, 6) is 0.726.